The highest BCUT2D eigenvalue weighted by Gasteiger charge is 2.34. The number of halogens is 3. The Hall–Kier alpha value is -0.640. The van der Waals surface area contributed by atoms with E-state index in [1.165, 1.54) is 0 Å². The van der Waals surface area contributed by atoms with Crippen LogP contribution in [0.2, 0.25) is 0 Å². The van der Waals surface area contributed by atoms with E-state index in [-0.39, 0.29) is 11.8 Å². The van der Waals surface area contributed by atoms with Crippen molar-refractivity contribution in [2.75, 3.05) is 5.32 Å². The Kier molecular flexibility index (Phi) is 5.78. The molecule has 1 unspecified atom stereocenters. The number of aryl methyl sites for hydroxylation is 1. The number of anilines is 1. The van der Waals surface area contributed by atoms with Gasteiger partial charge in [-0.1, -0.05) is 66.3 Å². The average molecular weight is 324 g/mol. The first kappa shape index (κ1) is 16.4. The molecule has 0 aromatic heterocycles. The Morgan fingerprint density at radius 2 is 1.68 bits per heavy atom. The normalized spacial score (nSPS) is 13.2. The van der Waals surface area contributed by atoms with Gasteiger partial charge in [0.2, 0.25) is 9.70 Å². The van der Waals surface area contributed by atoms with Crippen LogP contribution in [0.5, 0.6) is 0 Å². The van der Waals surface area contributed by atoms with Crippen molar-refractivity contribution in [2.45, 2.75) is 30.7 Å². The smallest absolute Gasteiger partial charge is 0.228 e. The van der Waals surface area contributed by atoms with Gasteiger partial charge in [-0.15, -0.1) is 0 Å². The zero-order chi connectivity index (χ0) is 14.6. The van der Waals surface area contributed by atoms with E-state index in [2.05, 4.69) is 10.6 Å². The Morgan fingerprint density at radius 3 is 2.11 bits per heavy atom. The first-order chi connectivity index (χ1) is 8.70. The van der Waals surface area contributed by atoms with Gasteiger partial charge in [-0.3, -0.25) is 4.79 Å². The van der Waals surface area contributed by atoms with Gasteiger partial charge in [0.15, 0.2) is 0 Å². The van der Waals surface area contributed by atoms with Gasteiger partial charge in [-0.2, -0.15) is 0 Å². The van der Waals surface area contributed by atoms with E-state index in [4.69, 9.17) is 34.8 Å². The van der Waals surface area contributed by atoms with Crippen molar-refractivity contribution in [3.63, 3.8) is 0 Å². The predicted molar refractivity (Wildman–Crippen MR) is 81.9 cm³/mol. The summed E-state index contributed by atoms with van der Waals surface area (Å²) in [7, 11) is 0. The lowest BCUT2D eigenvalue weighted by Crippen LogP contribution is -2.50. The van der Waals surface area contributed by atoms with E-state index in [1.54, 1.807) is 13.8 Å². The highest BCUT2D eigenvalue weighted by molar-refractivity contribution is 6.68. The van der Waals surface area contributed by atoms with Crippen molar-refractivity contribution < 1.29 is 4.79 Å². The maximum atomic E-state index is 11.7. The molecule has 0 fully saturated rings. The minimum Gasteiger partial charge on any atom is -0.362 e. The zero-order valence-corrected chi connectivity index (χ0v) is 13.3. The number of carbonyl (C=O) groups is 1. The van der Waals surface area contributed by atoms with Crippen LogP contribution in [0.25, 0.3) is 0 Å². The number of alkyl halides is 3. The van der Waals surface area contributed by atoms with Crippen molar-refractivity contribution in [3.8, 4) is 0 Å². The van der Waals surface area contributed by atoms with Gasteiger partial charge >= 0.3 is 0 Å². The standard InChI is InChI=1S/C13H17Cl3N2O/c1-8(2)11(19)18-12(13(14,15)16)17-10-6-4-9(3)5-7-10/h4-8,12,17H,1-3H3,(H,18,19). The molecule has 0 aliphatic heterocycles. The number of rotatable bonds is 4. The van der Waals surface area contributed by atoms with Gasteiger partial charge < -0.3 is 10.6 Å². The van der Waals surface area contributed by atoms with E-state index >= 15 is 0 Å². The first-order valence-corrected chi connectivity index (χ1v) is 7.04. The average Bonchev–Trinajstić information content (AvgIpc) is 2.29. The molecule has 0 saturated carbocycles. The van der Waals surface area contributed by atoms with Gasteiger partial charge in [0.05, 0.1) is 0 Å². The summed E-state index contributed by atoms with van der Waals surface area (Å²) >= 11 is 17.6. The summed E-state index contributed by atoms with van der Waals surface area (Å²) in [5, 5.41) is 5.68. The van der Waals surface area contributed by atoms with Gasteiger partial charge in [-0.25, -0.2) is 0 Å². The van der Waals surface area contributed by atoms with Crippen molar-refractivity contribution in [3.05, 3.63) is 29.8 Å². The molecule has 1 amide bonds. The third-order valence-electron chi connectivity index (χ3n) is 2.50. The van der Waals surface area contributed by atoms with Crippen molar-refractivity contribution >= 4 is 46.4 Å². The molecule has 19 heavy (non-hydrogen) atoms. The molecule has 1 rings (SSSR count). The van der Waals surface area contributed by atoms with Crippen LogP contribution in [0.4, 0.5) is 5.69 Å². The minimum atomic E-state index is -1.64. The summed E-state index contributed by atoms with van der Waals surface area (Å²) in [6.07, 6.45) is -0.796. The topological polar surface area (TPSA) is 41.1 Å². The van der Waals surface area contributed by atoms with E-state index in [0.29, 0.717) is 0 Å². The zero-order valence-electron chi connectivity index (χ0n) is 11.0. The van der Waals surface area contributed by atoms with Crippen molar-refractivity contribution in [2.24, 2.45) is 5.92 Å². The van der Waals surface area contributed by atoms with Gasteiger partial charge in [-0.05, 0) is 19.1 Å². The molecule has 0 heterocycles. The number of nitrogens with one attached hydrogen (secondary N) is 2. The molecule has 2 N–H and O–H groups in total. The number of benzene rings is 1. The number of hydrogen-bond donors (Lipinski definition) is 2. The second-order valence-electron chi connectivity index (χ2n) is 4.65. The quantitative estimate of drug-likeness (QED) is 0.652. The molecule has 0 spiro atoms. The van der Waals surface area contributed by atoms with Crippen LogP contribution in [-0.4, -0.2) is 15.9 Å². The van der Waals surface area contributed by atoms with Crippen LogP contribution in [0.3, 0.4) is 0 Å². The maximum Gasteiger partial charge on any atom is 0.228 e. The highest BCUT2D eigenvalue weighted by Crippen LogP contribution is 2.31. The molecule has 3 nitrogen and oxygen atoms in total. The van der Waals surface area contributed by atoms with Gasteiger partial charge in [0, 0.05) is 11.6 Å². The van der Waals surface area contributed by atoms with E-state index in [0.717, 1.165) is 11.3 Å². The van der Waals surface area contributed by atoms with Crippen LogP contribution in [0, 0.1) is 12.8 Å². The Bertz CT molecular complexity index is 427. The summed E-state index contributed by atoms with van der Waals surface area (Å²) in [5.74, 6) is -0.370. The molecule has 1 atom stereocenters. The molecule has 0 saturated heterocycles. The van der Waals surface area contributed by atoms with E-state index in [9.17, 15) is 4.79 Å². The van der Waals surface area contributed by atoms with Gasteiger partial charge in [0.25, 0.3) is 0 Å². The lowest BCUT2D eigenvalue weighted by molar-refractivity contribution is -0.124. The van der Waals surface area contributed by atoms with Crippen molar-refractivity contribution in [1.29, 1.82) is 0 Å². The summed E-state index contributed by atoms with van der Waals surface area (Å²) in [5.41, 5.74) is 1.90. The first-order valence-electron chi connectivity index (χ1n) is 5.90. The molecular formula is C13H17Cl3N2O. The Labute approximate surface area is 128 Å². The maximum absolute atomic E-state index is 11.7. The monoisotopic (exact) mass is 322 g/mol. The molecular weight excluding hydrogens is 307 g/mol. The second-order valence-corrected chi connectivity index (χ2v) is 7.02. The Morgan fingerprint density at radius 1 is 1.16 bits per heavy atom. The van der Waals surface area contributed by atoms with Crippen LogP contribution in [0.15, 0.2) is 24.3 Å². The third-order valence-corrected chi connectivity index (χ3v) is 3.16. The predicted octanol–water partition coefficient (Wildman–Crippen LogP) is 3.88. The SMILES string of the molecule is Cc1ccc(NC(NC(=O)C(C)C)C(Cl)(Cl)Cl)cc1. The molecule has 0 bridgehead atoms. The lowest BCUT2D eigenvalue weighted by atomic mass is 10.2. The van der Waals surface area contributed by atoms with Crippen LogP contribution >= 0.6 is 34.8 Å². The lowest BCUT2D eigenvalue weighted by Gasteiger charge is -2.28. The number of hydrogen-bond acceptors (Lipinski definition) is 2. The van der Waals surface area contributed by atoms with Gasteiger partial charge in [0.1, 0.15) is 6.17 Å². The van der Waals surface area contributed by atoms with E-state index in [1.807, 2.05) is 31.2 Å². The minimum absolute atomic E-state index is 0.184. The molecule has 1 aromatic carbocycles. The molecule has 0 aliphatic rings. The second kappa shape index (κ2) is 6.69. The van der Waals surface area contributed by atoms with E-state index < -0.39 is 9.96 Å². The molecule has 6 heteroatoms. The summed E-state index contributed by atoms with van der Waals surface area (Å²) in [6.45, 7) is 5.53. The fourth-order valence-corrected chi connectivity index (χ4v) is 1.65. The van der Waals surface area contributed by atoms with Crippen molar-refractivity contribution in [1.82, 2.24) is 5.32 Å². The molecule has 0 radical (unpaired) electrons. The largest absolute Gasteiger partial charge is 0.362 e. The molecule has 106 valence electrons. The van der Waals surface area contributed by atoms with Crippen LogP contribution in [-0.2, 0) is 4.79 Å². The summed E-state index contributed by atoms with van der Waals surface area (Å²) in [4.78, 5) is 11.7. The molecule has 1 aromatic rings. The third kappa shape index (κ3) is 5.47. The Balaban J connectivity index is 2.81. The van der Waals surface area contributed by atoms with Crippen LogP contribution in [0.1, 0.15) is 19.4 Å². The number of carbonyl (C=O) groups excluding carboxylic acids is 1. The fourth-order valence-electron chi connectivity index (χ4n) is 1.33. The fraction of sp³-hybridized carbons (Fsp3) is 0.462. The summed E-state index contributed by atoms with van der Waals surface area (Å²) in [6, 6.07) is 7.59. The van der Waals surface area contributed by atoms with Crippen LogP contribution < -0.4 is 10.6 Å². The number of amides is 1. The highest BCUT2D eigenvalue weighted by atomic mass is 35.6. The molecule has 0 aliphatic carbocycles. The summed E-state index contributed by atoms with van der Waals surface area (Å²) < 4.78 is -1.64.